The molecule has 0 bridgehead atoms. The van der Waals surface area contributed by atoms with Crippen molar-refractivity contribution in [3.8, 4) is 18.0 Å². The molecule has 0 unspecified atom stereocenters. The van der Waals surface area contributed by atoms with E-state index in [-0.39, 0.29) is 0 Å². The van der Waals surface area contributed by atoms with Gasteiger partial charge in [-0.05, 0) is 61.8 Å². The number of piperidine rings is 1. The molecule has 0 atom stereocenters. The second-order valence-corrected chi connectivity index (χ2v) is 7.14. The molecule has 0 radical (unpaired) electrons. The quantitative estimate of drug-likeness (QED) is 0.834. The minimum atomic E-state index is 0.412. The summed E-state index contributed by atoms with van der Waals surface area (Å²) in [6.07, 6.45) is 6.77. The van der Waals surface area contributed by atoms with Gasteiger partial charge in [0.2, 0.25) is 5.88 Å². The SMILES string of the molecule is N#Cc1cccnc1OCC1CCN(c2nc3c(cc2C#N)CCC3)CC1. The summed E-state index contributed by atoms with van der Waals surface area (Å²) >= 11 is 0. The zero-order valence-corrected chi connectivity index (χ0v) is 15.2. The Hall–Kier alpha value is -3.12. The van der Waals surface area contributed by atoms with Gasteiger partial charge in [-0.15, -0.1) is 0 Å². The van der Waals surface area contributed by atoms with Crippen LogP contribution >= 0.6 is 0 Å². The van der Waals surface area contributed by atoms with E-state index in [1.165, 1.54) is 5.56 Å². The van der Waals surface area contributed by atoms with Gasteiger partial charge in [0, 0.05) is 25.0 Å². The molecule has 6 nitrogen and oxygen atoms in total. The number of hydrogen-bond donors (Lipinski definition) is 0. The standard InChI is InChI=1S/C21H21N5O/c22-12-17-4-2-8-24-21(17)27-14-15-6-9-26(10-7-15)20-18(13-23)11-16-3-1-5-19(16)25-20/h2,4,8,11,15H,1,3,5-7,9-10,14H2. The van der Waals surface area contributed by atoms with Crippen molar-refractivity contribution in [2.75, 3.05) is 24.6 Å². The first-order valence-corrected chi connectivity index (χ1v) is 9.44. The van der Waals surface area contributed by atoms with E-state index in [0.717, 1.165) is 56.7 Å². The molecular weight excluding hydrogens is 338 g/mol. The number of pyridine rings is 2. The summed E-state index contributed by atoms with van der Waals surface area (Å²) in [4.78, 5) is 11.2. The number of nitrogens with zero attached hydrogens (tertiary/aromatic N) is 5. The molecule has 1 aliphatic heterocycles. The highest BCUT2D eigenvalue weighted by Crippen LogP contribution is 2.30. The number of nitriles is 2. The van der Waals surface area contributed by atoms with Gasteiger partial charge in [-0.3, -0.25) is 0 Å². The monoisotopic (exact) mass is 359 g/mol. The molecule has 0 aromatic carbocycles. The summed E-state index contributed by atoms with van der Waals surface area (Å²) in [5.41, 5.74) is 3.56. The first-order chi connectivity index (χ1) is 13.3. The van der Waals surface area contributed by atoms with Crippen LogP contribution in [0.2, 0.25) is 0 Å². The highest BCUT2D eigenvalue weighted by atomic mass is 16.5. The van der Waals surface area contributed by atoms with Gasteiger partial charge in [-0.25, -0.2) is 9.97 Å². The summed E-state index contributed by atoms with van der Waals surface area (Å²) in [5.74, 6) is 1.67. The Bertz CT molecular complexity index is 919. The van der Waals surface area contributed by atoms with E-state index >= 15 is 0 Å². The van der Waals surface area contributed by atoms with Crippen LogP contribution in [0.3, 0.4) is 0 Å². The maximum atomic E-state index is 9.52. The van der Waals surface area contributed by atoms with Crippen molar-refractivity contribution in [3.05, 3.63) is 46.8 Å². The molecule has 0 N–H and O–H groups in total. The predicted octanol–water partition coefficient (Wildman–Crippen LogP) is 3.00. The summed E-state index contributed by atoms with van der Waals surface area (Å²) in [5, 5.41) is 18.6. The fourth-order valence-electron chi connectivity index (χ4n) is 3.88. The lowest BCUT2D eigenvalue weighted by molar-refractivity contribution is 0.215. The Morgan fingerprint density at radius 2 is 1.96 bits per heavy atom. The minimum Gasteiger partial charge on any atom is -0.476 e. The first-order valence-electron chi connectivity index (χ1n) is 9.44. The van der Waals surface area contributed by atoms with Crippen molar-refractivity contribution in [2.45, 2.75) is 32.1 Å². The van der Waals surface area contributed by atoms with Gasteiger partial charge < -0.3 is 9.64 Å². The average molecular weight is 359 g/mol. The van der Waals surface area contributed by atoms with Crippen LogP contribution in [0, 0.1) is 28.6 Å². The van der Waals surface area contributed by atoms with Crippen LogP contribution in [0.15, 0.2) is 24.4 Å². The molecule has 2 aromatic rings. The van der Waals surface area contributed by atoms with Gasteiger partial charge in [0.25, 0.3) is 0 Å². The Labute approximate surface area is 159 Å². The highest BCUT2D eigenvalue weighted by molar-refractivity contribution is 5.57. The van der Waals surface area contributed by atoms with E-state index in [4.69, 9.17) is 15.0 Å². The topological polar surface area (TPSA) is 85.8 Å². The Kier molecular flexibility index (Phi) is 4.89. The summed E-state index contributed by atoms with van der Waals surface area (Å²) in [7, 11) is 0. The van der Waals surface area contributed by atoms with Crippen molar-refractivity contribution in [1.82, 2.24) is 9.97 Å². The van der Waals surface area contributed by atoms with Crippen LogP contribution < -0.4 is 9.64 Å². The zero-order valence-electron chi connectivity index (χ0n) is 15.2. The van der Waals surface area contributed by atoms with Gasteiger partial charge in [0.1, 0.15) is 23.5 Å². The molecule has 3 heterocycles. The number of hydrogen-bond acceptors (Lipinski definition) is 6. The number of aryl methyl sites for hydroxylation is 2. The largest absolute Gasteiger partial charge is 0.476 e. The molecule has 2 aliphatic rings. The fraction of sp³-hybridized carbons (Fsp3) is 0.429. The van der Waals surface area contributed by atoms with E-state index in [0.29, 0.717) is 29.5 Å². The Morgan fingerprint density at radius 3 is 2.74 bits per heavy atom. The molecule has 1 fully saturated rings. The maximum Gasteiger partial charge on any atom is 0.231 e. The first kappa shape index (κ1) is 17.3. The molecule has 1 aliphatic carbocycles. The van der Waals surface area contributed by atoms with E-state index < -0.39 is 0 Å². The third-order valence-electron chi connectivity index (χ3n) is 5.41. The number of rotatable bonds is 4. The molecule has 0 saturated carbocycles. The summed E-state index contributed by atoms with van der Waals surface area (Å²) in [6.45, 7) is 2.28. The van der Waals surface area contributed by atoms with E-state index in [9.17, 15) is 5.26 Å². The molecule has 27 heavy (non-hydrogen) atoms. The number of ether oxygens (including phenoxy) is 1. The van der Waals surface area contributed by atoms with Crippen LogP contribution in [-0.2, 0) is 12.8 Å². The predicted molar refractivity (Wildman–Crippen MR) is 100 cm³/mol. The lowest BCUT2D eigenvalue weighted by Crippen LogP contribution is -2.36. The lowest BCUT2D eigenvalue weighted by Gasteiger charge is -2.33. The molecule has 0 spiro atoms. The summed E-state index contributed by atoms with van der Waals surface area (Å²) in [6, 6.07) is 9.92. The molecule has 2 aromatic heterocycles. The molecular formula is C21H21N5O. The molecule has 4 rings (SSSR count). The smallest absolute Gasteiger partial charge is 0.231 e. The van der Waals surface area contributed by atoms with E-state index in [2.05, 4.69) is 22.0 Å². The number of anilines is 1. The zero-order chi connectivity index (χ0) is 18.6. The molecule has 6 heteroatoms. The molecule has 0 amide bonds. The number of aromatic nitrogens is 2. The van der Waals surface area contributed by atoms with Crippen molar-refractivity contribution >= 4 is 5.82 Å². The molecule has 1 saturated heterocycles. The summed E-state index contributed by atoms with van der Waals surface area (Å²) < 4.78 is 5.79. The Balaban J connectivity index is 1.38. The van der Waals surface area contributed by atoms with Crippen LogP contribution in [0.5, 0.6) is 5.88 Å². The Morgan fingerprint density at radius 1 is 1.15 bits per heavy atom. The minimum absolute atomic E-state index is 0.412. The average Bonchev–Trinajstić information content (AvgIpc) is 3.19. The highest BCUT2D eigenvalue weighted by Gasteiger charge is 2.25. The second-order valence-electron chi connectivity index (χ2n) is 7.14. The van der Waals surface area contributed by atoms with E-state index in [1.54, 1.807) is 18.3 Å². The van der Waals surface area contributed by atoms with Crippen molar-refractivity contribution in [2.24, 2.45) is 5.92 Å². The van der Waals surface area contributed by atoms with Crippen molar-refractivity contribution < 1.29 is 4.74 Å². The third-order valence-corrected chi connectivity index (χ3v) is 5.41. The van der Waals surface area contributed by atoms with Gasteiger partial charge in [-0.1, -0.05) is 0 Å². The van der Waals surface area contributed by atoms with Crippen LogP contribution in [0.4, 0.5) is 5.82 Å². The van der Waals surface area contributed by atoms with Gasteiger partial charge >= 0.3 is 0 Å². The lowest BCUT2D eigenvalue weighted by atomic mass is 9.97. The van der Waals surface area contributed by atoms with Crippen LogP contribution in [-0.4, -0.2) is 29.7 Å². The van der Waals surface area contributed by atoms with Crippen molar-refractivity contribution in [1.29, 1.82) is 10.5 Å². The van der Waals surface area contributed by atoms with Gasteiger partial charge in [0.05, 0.1) is 12.2 Å². The number of fused-ring (bicyclic) bond motifs is 1. The third kappa shape index (κ3) is 3.57. The normalized spacial score (nSPS) is 16.4. The van der Waals surface area contributed by atoms with Crippen LogP contribution in [0.1, 0.15) is 41.6 Å². The van der Waals surface area contributed by atoms with Crippen LogP contribution in [0.25, 0.3) is 0 Å². The van der Waals surface area contributed by atoms with E-state index in [1.807, 2.05) is 6.07 Å². The second kappa shape index (κ2) is 7.63. The van der Waals surface area contributed by atoms with Gasteiger partial charge in [-0.2, -0.15) is 10.5 Å². The fourth-order valence-corrected chi connectivity index (χ4v) is 3.88. The van der Waals surface area contributed by atoms with Crippen molar-refractivity contribution in [3.63, 3.8) is 0 Å². The molecule has 136 valence electrons. The maximum absolute atomic E-state index is 9.52. The van der Waals surface area contributed by atoms with Gasteiger partial charge in [0.15, 0.2) is 0 Å².